The molecule has 1 saturated heterocycles. The van der Waals surface area contributed by atoms with Crippen LogP contribution in [-0.2, 0) is 24.3 Å². The predicted octanol–water partition coefficient (Wildman–Crippen LogP) is 3.06. The molecule has 2 aliphatic heterocycles. The number of rotatable bonds is 5. The van der Waals surface area contributed by atoms with Crippen molar-refractivity contribution in [3.63, 3.8) is 0 Å². The Morgan fingerprint density at radius 3 is 2.81 bits per heavy atom. The molecule has 2 aliphatic rings. The molecule has 4 rings (SSSR count). The molecule has 0 spiro atoms. The smallest absolute Gasteiger partial charge is 0.251 e. The highest BCUT2D eigenvalue weighted by Gasteiger charge is 2.22. The van der Waals surface area contributed by atoms with E-state index in [9.17, 15) is 9.59 Å². The van der Waals surface area contributed by atoms with Crippen LogP contribution in [0.25, 0.3) is 0 Å². The Morgan fingerprint density at radius 2 is 2.04 bits per heavy atom. The van der Waals surface area contributed by atoms with Gasteiger partial charge >= 0.3 is 0 Å². The first-order valence-corrected chi connectivity index (χ1v) is 9.52. The first kappa shape index (κ1) is 17.6. The zero-order chi connectivity index (χ0) is 18.8. The maximum atomic E-state index is 12.6. The van der Waals surface area contributed by atoms with Gasteiger partial charge in [0, 0.05) is 38.0 Å². The number of hydrogen-bond donors (Lipinski definition) is 1. The van der Waals surface area contributed by atoms with Crippen molar-refractivity contribution in [2.75, 3.05) is 6.54 Å². The highest BCUT2D eigenvalue weighted by Crippen LogP contribution is 2.29. The molecule has 5 nitrogen and oxygen atoms in total. The van der Waals surface area contributed by atoms with Crippen LogP contribution in [0.4, 0.5) is 0 Å². The van der Waals surface area contributed by atoms with Crippen LogP contribution in [0.2, 0.25) is 0 Å². The van der Waals surface area contributed by atoms with Crippen molar-refractivity contribution >= 4 is 11.8 Å². The second-order valence-electron chi connectivity index (χ2n) is 7.33. The monoisotopic (exact) mass is 364 g/mol. The van der Waals surface area contributed by atoms with E-state index in [2.05, 4.69) is 5.32 Å². The summed E-state index contributed by atoms with van der Waals surface area (Å²) in [5.41, 5.74) is 3.87. The lowest BCUT2D eigenvalue weighted by molar-refractivity contribution is -0.128. The molecule has 1 unspecified atom stereocenters. The van der Waals surface area contributed by atoms with E-state index in [1.54, 1.807) is 6.07 Å². The van der Waals surface area contributed by atoms with Crippen molar-refractivity contribution in [2.24, 2.45) is 0 Å². The SMILES string of the molecule is CC1Cc2cc(C(=O)NCc3ccccc3CN3CCCC3=O)ccc2O1. The zero-order valence-electron chi connectivity index (χ0n) is 15.5. The summed E-state index contributed by atoms with van der Waals surface area (Å²) in [6.45, 7) is 3.90. The van der Waals surface area contributed by atoms with Crippen molar-refractivity contribution in [3.05, 3.63) is 64.7 Å². The quantitative estimate of drug-likeness (QED) is 0.887. The minimum absolute atomic E-state index is 0.0931. The summed E-state index contributed by atoms with van der Waals surface area (Å²) in [6, 6.07) is 13.6. The number of ether oxygens (including phenoxy) is 1. The molecule has 0 aromatic heterocycles. The summed E-state index contributed by atoms with van der Waals surface area (Å²) >= 11 is 0. The van der Waals surface area contributed by atoms with Gasteiger partial charge in [-0.25, -0.2) is 0 Å². The molecular weight excluding hydrogens is 340 g/mol. The molecule has 5 heteroatoms. The van der Waals surface area contributed by atoms with Gasteiger partial charge in [0.05, 0.1) is 0 Å². The predicted molar refractivity (Wildman–Crippen MR) is 102 cm³/mol. The number of carbonyl (C=O) groups is 2. The third-order valence-corrected chi connectivity index (χ3v) is 5.25. The van der Waals surface area contributed by atoms with Crippen molar-refractivity contribution in [3.8, 4) is 5.75 Å². The van der Waals surface area contributed by atoms with Crippen LogP contribution in [0.5, 0.6) is 5.75 Å². The lowest BCUT2D eigenvalue weighted by atomic mass is 10.1. The number of nitrogens with zero attached hydrogens (tertiary/aromatic N) is 1. The molecule has 27 heavy (non-hydrogen) atoms. The third-order valence-electron chi connectivity index (χ3n) is 5.25. The van der Waals surface area contributed by atoms with Crippen LogP contribution in [0.1, 0.15) is 46.8 Å². The number of carbonyl (C=O) groups excluding carboxylic acids is 2. The van der Waals surface area contributed by atoms with Crippen LogP contribution in [0, 0.1) is 0 Å². The van der Waals surface area contributed by atoms with E-state index in [0.717, 1.165) is 41.8 Å². The fourth-order valence-electron chi connectivity index (χ4n) is 3.80. The lowest BCUT2D eigenvalue weighted by Gasteiger charge is -2.18. The topological polar surface area (TPSA) is 58.6 Å². The highest BCUT2D eigenvalue weighted by atomic mass is 16.5. The number of nitrogens with one attached hydrogen (secondary N) is 1. The van der Waals surface area contributed by atoms with Gasteiger partial charge in [0.2, 0.25) is 5.91 Å². The molecule has 2 amide bonds. The van der Waals surface area contributed by atoms with Gasteiger partial charge in [0.15, 0.2) is 0 Å². The van der Waals surface area contributed by atoms with E-state index in [4.69, 9.17) is 4.74 Å². The molecule has 140 valence electrons. The molecule has 2 heterocycles. The molecule has 0 radical (unpaired) electrons. The first-order valence-electron chi connectivity index (χ1n) is 9.52. The zero-order valence-corrected chi connectivity index (χ0v) is 15.5. The van der Waals surface area contributed by atoms with Gasteiger partial charge in [0.1, 0.15) is 11.9 Å². The summed E-state index contributed by atoms with van der Waals surface area (Å²) in [5.74, 6) is 0.993. The Morgan fingerprint density at radius 1 is 1.22 bits per heavy atom. The van der Waals surface area contributed by atoms with Crippen molar-refractivity contribution < 1.29 is 14.3 Å². The van der Waals surface area contributed by atoms with E-state index >= 15 is 0 Å². The Balaban J connectivity index is 1.42. The van der Waals surface area contributed by atoms with Crippen LogP contribution >= 0.6 is 0 Å². The molecule has 0 aliphatic carbocycles. The summed E-state index contributed by atoms with van der Waals surface area (Å²) in [5, 5.41) is 3.01. The Kier molecular flexibility index (Phi) is 4.84. The normalized spacial score (nSPS) is 18.3. The van der Waals surface area contributed by atoms with Crippen LogP contribution < -0.4 is 10.1 Å². The average Bonchev–Trinajstić information content (AvgIpc) is 3.24. The van der Waals surface area contributed by atoms with Gasteiger partial charge in [-0.2, -0.15) is 0 Å². The molecule has 2 aromatic rings. The Bertz CT molecular complexity index is 878. The average molecular weight is 364 g/mol. The van der Waals surface area contributed by atoms with Gasteiger partial charge < -0.3 is 15.0 Å². The maximum absolute atomic E-state index is 12.6. The molecule has 0 saturated carbocycles. The second kappa shape index (κ2) is 7.43. The molecule has 1 fully saturated rings. The highest BCUT2D eigenvalue weighted by molar-refractivity contribution is 5.94. The van der Waals surface area contributed by atoms with Gasteiger partial charge in [-0.1, -0.05) is 24.3 Å². The van der Waals surface area contributed by atoms with Crippen molar-refractivity contribution in [2.45, 2.75) is 45.4 Å². The van der Waals surface area contributed by atoms with Crippen molar-refractivity contribution in [1.29, 1.82) is 0 Å². The molecule has 2 aromatic carbocycles. The summed E-state index contributed by atoms with van der Waals surface area (Å²) in [4.78, 5) is 26.4. The second-order valence-corrected chi connectivity index (χ2v) is 7.33. The Labute approximate surface area is 159 Å². The van der Waals surface area contributed by atoms with E-state index in [1.165, 1.54) is 0 Å². The van der Waals surface area contributed by atoms with Crippen LogP contribution in [-0.4, -0.2) is 29.4 Å². The fraction of sp³-hybridized carbons (Fsp3) is 0.364. The minimum atomic E-state index is -0.0931. The fourth-order valence-corrected chi connectivity index (χ4v) is 3.80. The number of benzene rings is 2. The van der Waals surface area contributed by atoms with E-state index in [0.29, 0.717) is 25.1 Å². The van der Waals surface area contributed by atoms with Gasteiger partial charge in [0.25, 0.3) is 5.91 Å². The summed E-state index contributed by atoms with van der Waals surface area (Å²) < 4.78 is 5.69. The maximum Gasteiger partial charge on any atom is 0.251 e. The van der Waals surface area contributed by atoms with Gasteiger partial charge in [-0.05, 0) is 48.2 Å². The summed E-state index contributed by atoms with van der Waals surface area (Å²) in [7, 11) is 0. The number of hydrogen-bond acceptors (Lipinski definition) is 3. The summed E-state index contributed by atoms with van der Waals surface area (Å²) in [6.07, 6.45) is 2.57. The Hall–Kier alpha value is -2.82. The van der Waals surface area contributed by atoms with Crippen LogP contribution in [0.15, 0.2) is 42.5 Å². The lowest BCUT2D eigenvalue weighted by Crippen LogP contribution is -2.26. The van der Waals surface area contributed by atoms with Gasteiger partial charge in [-0.3, -0.25) is 9.59 Å². The van der Waals surface area contributed by atoms with E-state index in [1.807, 2.05) is 48.2 Å². The largest absolute Gasteiger partial charge is 0.490 e. The number of fused-ring (bicyclic) bond motifs is 1. The third kappa shape index (κ3) is 3.82. The standard InChI is InChI=1S/C22H24N2O3/c1-15-11-19-12-16(8-9-20(19)27-15)22(26)23-13-17-5-2-3-6-18(17)14-24-10-4-7-21(24)25/h2-3,5-6,8-9,12,15H,4,7,10-11,13-14H2,1H3,(H,23,26). The molecule has 0 bridgehead atoms. The van der Waals surface area contributed by atoms with Crippen LogP contribution in [0.3, 0.4) is 0 Å². The molecular formula is C22H24N2O3. The minimum Gasteiger partial charge on any atom is -0.490 e. The molecule has 1 atom stereocenters. The van der Waals surface area contributed by atoms with E-state index in [-0.39, 0.29) is 17.9 Å². The van der Waals surface area contributed by atoms with Gasteiger partial charge in [-0.15, -0.1) is 0 Å². The number of amides is 2. The van der Waals surface area contributed by atoms with Crippen molar-refractivity contribution in [1.82, 2.24) is 10.2 Å². The molecule has 1 N–H and O–H groups in total. The first-order chi connectivity index (χ1) is 13.1. The number of likely N-dealkylation sites (tertiary alicyclic amines) is 1. The van der Waals surface area contributed by atoms with E-state index < -0.39 is 0 Å².